The molecule has 5 heteroatoms. The lowest BCUT2D eigenvalue weighted by molar-refractivity contribution is 0.102. The molecule has 5 aromatic rings. The van der Waals surface area contributed by atoms with Gasteiger partial charge in [0.25, 0.3) is 0 Å². The summed E-state index contributed by atoms with van der Waals surface area (Å²) in [5.74, 6) is 0. The van der Waals surface area contributed by atoms with E-state index in [1.54, 1.807) is 0 Å². The Morgan fingerprint density at radius 3 is 2.53 bits per heavy atom. The van der Waals surface area contributed by atoms with Crippen molar-refractivity contribution in [2.24, 2.45) is 0 Å². The molecule has 1 aliphatic heterocycles. The van der Waals surface area contributed by atoms with Crippen molar-refractivity contribution in [2.75, 3.05) is 19.6 Å². The number of likely N-dealkylation sites (tertiary alicyclic amines) is 1. The second-order valence-corrected chi connectivity index (χ2v) is 9.32. The average molecular weight is 444 g/mol. The summed E-state index contributed by atoms with van der Waals surface area (Å²) in [7, 11) is 0. The zero-order valence-corrected chi connectivity index (χ0v) is 18.6. The minimum atomic E-state index is -0.480. The van der Waals surface area contributed by atoms with Gasteiger partial charge in [0.2, 0.25) is 0 Å². The molecule has 0 radical (unpaired) electrons. The Morgan fingerprint density at radius 1 is 0.875 bits per heavy atom. The third-order valence-corrected chi connectivity index (χ3v) is 7.20. The Bertz CT molecular complexity index is 1430. The van der Waals surface area contributed by atoms with Crippen LogP contribution in [-0.2, 0) is 0 Å². The molecule has 3 heterocycles. The number of hydrogen-bond acceptors (Lipinski definition) is 2. The van der Waals surface area contributed by atoms with Gasteiger partial charge in [-0.3, -0.25) is 0 Å². The zero-order valence-electron chi connectivity index (χ0n) is 17.9. The molecule has 0 aliphatic carbocycles. The van der Waals surface area contributed by atoms with E-state index in [0.29, 0.717) is 6.54 Å². The first-order valence-electron chi connectivity index (χ1n) is 11.4. The smallest absolute Gasteiger partial charge is 0.0917 e. The maximum absolute atomic E-state index is 11.0. The number of aromatic nitrogens is 2. The molecule has 1 saturated heterocycles. The molecule has 4 nitrogen and oxygen atoms in total. The first-order chi connectivity index (χ1) is 15.7. The minimum Gasteiger partial charge on any atom is -0.387 e. The summed E-state index contributed by atoms with van der Waals surface area (Å²) >= 11 is 6.54. The van der Waals surface area contributed by atoms with Crippen molar-refractivity contribution < 1.29 is 5.11 Å². The molecule has 1 unspecified atom stereocenters. The van der Waals surface area contributed by atoms with Gasteiger partial charge >= 0.3 is 0 Å². The van der Waals surface area contributed by atoms with Crippen molar-refractivity contribution in [3.63, 3.8) is 0 Å². The Balaban J connectivity index is 1.48. The molecular weight excluding hydrogens is 418 g/mol. The van der Waals surface area contributed by atoms with Gasteiger partial charge in [-0.2, -0.15) is 0 Å². The molecule has 2 aromatic heterocycles. The summed E-state index contributed by atoms with van der Waals surface area (Å²) in [5, 5.41) is 16.3. The highest BCUT2D eigenvalue weighted by atomic mass is 35.5. The van der Waals surface area contributed by atoms with E-state index in [0.717, 1.165) is 62.0 Å². The van der Waals surface area contributed by atoms with Crippen LogP contribution in [0.2, 0.25) is 5.02 Å². The van der Waals surface area contributed by atoms with Gasteiger partial charge in [-0.1, -0.05) is 42.3 Å². The number of H-pyrrole nitrogens is 2. The number of β-amino-alcohol motifs (C(OH)–C–C–N with tert-alkyl or cyclic N) is 1. The van der Waals surface area contributed by atoms with Crippen LogP contribution in [0.5, 0.6) is 0 Å². The van der Waals surface area contributed by atoms with Crippen LogP contribution in [0.1, 0.15) is 30.9 Å². The van der Waals surface area contributed by atoms with Gasteiger partial charge in [0.1, 0.15) is 0 Å². The van der Waals surface area contributed by atoms with E-state index in [1.165, 1.54) is 24.6 Å². The molecular formula is C27H26ClN3O. The van der Waals surface area contributed by atoms with Crippen molar-refractivity contribution in [3.8, 4) is 11.1 Å². The molecule has 162 valence electrons. The van der Waals surface area contributed by atoms with E-state index < -0.39 is 6.10 Å². The van der Waals surface area contributed by atoms with Crippen molar-refractivity contribution in [2.45, 2.75) is 25.4 Å². The first kappa shape index (κ1) is 19.9. The van der Waals surface area contributed by atoms with Gasteiger partial charge in [-0.05, 0) is 61.3 Å². The third kappa shape index (κ3) is 3.30. The molecule has 3 N–H and O–H groups in total. The summed E-state index contributed by atoms with van der Waals surface area (Å²) in [6.07, 6.45) is 7.38. The molecule has 1 aliphatic rings. The van der Waals surface area contributed by atoms with Crippen LogP contribution in [0.25, 0.3) is 43.7 Å². The van der Waals surface area contributed by atoms with Crippen molar-refractivity contribution in [1.82, 2.24) is 14.9 Å². The molecule has 3 aromatic carbocycles. The molecule has 1 fully saturated rings. The van der Waals surface area contributed by atoms with E-state index in [4.69, 9.17) is 11.6 Å². The van der Waals surface area contributed by atoms with Gasteiger partial charge in [0.15, 0.2) is 0 Å². The molecule has 6 rings (SSSR count). The van der Waals surface area contributed by atoms with Crippen LogP contribution in [0, 0.1) is 0 Å². The number of benzene rings is 3. The fraction of sp³-hybridized carbons (Fsp3) is 0.259. The Hall–Kier alpha value is -2.79. The quantitative estimate of drug-likeness (QED) is 0.291. The van der Waals surface area contributed by atoms with E-state index in [9.17, 15) is 5.11 Å². The van der Waals surface area contributed by atoms with Gasteiger partial charge < -0.3 is 20.0 Å². The summed E-state index contributed by atoms with van der Waals surface area (Å²) in [5.41, 5.74) is 5.26. The number of halogens is 1. The average Bonchev–Trinajstić information content (AvgIpc) is 3.43. The lowest BCUT2D eigenvalue weighted by Crippen LogP contribution is -2.33. The van der Waals surface area contributed by atoms with Gasteiger partial charge in [-0.25, -0.2) is 0 Å². The number of fused-ring (bicyclic) bond motifs is 5. The van der Waals surface area contributed by atoms with E-state index in [1.807, 2.05) is 24.4 Å². The topological polar surface area (TPSA) is 55.0 Å². The van der Waals surface area contributed by atoms with Crippen molar-refractivity contribution in [3.05, 3.63) is 71.5 Å². The Kier molecular flexibility index (Phi) is 4.94. The van der Waals surface area contributed by atoms with Gasteiger partial charge in [0, 0.05) is 62.1 Å². The number of piperidine rings is 1. The number of aliphatic hydroxyl groups excluding tert-OH is 1. The summed E-state index contributed by atoms with van der Waals surface area (Å²) in [6.45, 7) is 2.87. The molecule has 32 heavy (non-hydrogen) atoms. The zero-order chi connectivity index (χ0) is 21.7. The number of nitrogens with zero attached hydrogens (tertiary/aromatic N) is 1. The maximum atomic E-state index is 11.0. The highest BCUT2D eigenvalue weighted by Crippen LogP contribution is 2.40. The number of rotatable bonds is 4. The Labute approximate surface area is 191 Å². The van der Waals surface area contributed by atoms with Crippen LogP contribution >= 0.6 is 11.6 Å². The maximum Gasteiger partial charge on any atom is 0.0917 e. The van der Waals surface area contributed by atoms with E-state index in [2.05, 4.69) is 51.4 Å². The predicted octanol–water partition coefficient (Wildman–Crippen LogP) is 6.64. The summed E-state index contributed by atoms with van der Waals surface area (Å²) < 4.78 is 0. The third-order valence-electron chi connectivity index (χ3n) is 6.87. The number of aliphatic hydroxyl groups is 1. The normalized spacial score (nSPS) is 16.3. The molecule has 1 atom stereocenters. The summed E-state index contributed by atoms with van der Waals surface area (Å²) in [4.78, 5) is 9.26. The molecule has 0 bridgehead atoms. The van der Waals surface area contributed by atoms with Crippen LogP contribution in [-0.4, -0.2) is 39.6 Å². The first-order valence-corrected chi connectivity index (χ1v) is 11.8. The lowest BCUT2D eigenvalue weighted by Gasteiger charge is -2.28. The van der Waals surface area contributed by atoms with Gasteiger partial charge in [-0.15, -0.1) is 0 Å². The second kappa shape index (κ2) is 7.96. The van der Waals surface area contributed by atoms with Crippen LogP contribution in [0.3, 0.4) is 0 Å². The fourth-order valence-corrected chi connectivity index (χ4v) is 5.48. The lowest BCUT2D eigenvalue weighted by atomic mass is 9.97. The molecule has 0 amide bonds. The molecule has 0 saturated carbocycles. The SMILES string of the molecule is OC(CN1CCCCC1)c1ccc2[nH]c3cc(-c4ccccc4Cl)c4c[nH]cc4c3c2c1. The largest absolute Gasteiger partial charge is 0.387 e. The van der Waals surface area contributed by atoms with Crippen molar-refractivity contribution >= 4 is 44.2 Å². The van der Waals surface area contributed by atoms with Crippen LogP contribution < -0.4 is 0 Å². The fourth-order valence-electron chi connectivity index (χ4n) is 5.25. The van der Waals surface area contributed by atoms with Crippen LogP contribution in [0.4, 0.5) is 0 Å². The molecule has 0 spiro atoms. The predicted molar refractivity (Wildman–Crippen MR) is 133 cm³/mol. The summed E-state index contributed by atoms with van der Waals surface area (Å²) in [6, 6.07) is 16.5. The van der Waals surface area contributed by atoms with Crippen molar-refractivity contribution in [1.29, 1.82) is 0 Å². The standard InChI is InChI=1S/C27H26ClN3O/c28-23-7-3-2-6-18(23)19-13-25-27(22-15-29-14-21(19)22)20-12-17(8-9-24(20)30-25)26(32)16-31-10-4-1-5-11-31/h2-3,6-9,12-15,26,29-30,32H,1,4-5,10-11,16H2. The highest BCUT2D eigenvalue weighted by Gasteiger charge is 2.19. The number of hydrogen-bond donors (Lipinski definition) is 3. The van der Waals surface area contributed by atoms with E-state index >= 15 is 0 Å². The minimum absolute atomic E-state index is 0.480. The highest BCUT2D eigenvalue weighted by molar-refractivity contribution is 6.34. The second-order valence-electron chi connectivity index (χ2n) is 8.92. The monoisotopic (exact) mass is 443 g/mol. The number of nitrogens with one attached hydrogen (secondary N) is 2. The van der Waals surface area contributed by atoms with Gasteiger partial charge in [0.05, 0.1) is 6.10 Å². The van der Waals surface area contributed by atoms with Crippen LogP contribution in [0.15, 0.2) is 60.9 Å². The number of aromatic amines is 2. The van der Waals surface area contributed by atoms with E-state index in [-0.39, 0.29) is 0 Å². The Morgan fingerprint density at radius 2 is 1.69 bits per heavy atom.